The summed E-state index contributed by atoms with van der Waals surface area (Å²) in [4.78, 5) is 16.1. The summed E-state index contributed by atoms with van der Waals surface area (Å²) in [6, 6.07) is 81.9. The topological polar surface area (TPSA) is 56.7 Å². The Morgan fingerprint density at radius 1 is 0.309 bits per heavy atom. The van der Waals surface area contributed by atoms with E-state index in [4.69, 9.17) is 19.4 Å². The molecule has 0 aliphatic carbocycles. The van der Waals surface area contributed by atoms with Crippen molar-refractivity contribution in [1.82, 2.24) is 19.5 Å². The molecule has 0 aliphatic heterocycles. The molecule has 5 heteroatoms. The van der Waals surface area contributed by atoms with Gasteiger partial charge in [-0.05, 0) is 86.1 Å². The first-order valence-electron chi connectivity index (χ1n) is 23.0. The third-order valence-electron chi connectivity index (χ3n) is 13.6. The van der Waals surface area contributed by atoms with Gasteiger partial charge in [-0.25, -0.2) is 15.0 Å². The SMILES string of the molecule is c1ccc(-c2ccc3c(-c4nc(-c5ccccc5)nc(-c5cccc6c5oc5ccccc56)n4)cc(-c4ccccc4)c(-n4c5cc6ccccc6cc5c5c6ccccc6ccc54)c3c2)cc1. The van der Waals surface area contributed by atoms with E-state index in [1.807, 2.05) is 36.4 Å². The number of fused-ring (bicyclic) bond motifs is 10. The molecule has 5 nitrogen and oxygen atoms in total. The van der Waals surface area contributed by atoms with Crippen LogP contribution in [0.15, 0.2) is 235 Å². The van der Waals surface area contributed by atoms with Crippen LogP contribution in [0.3, 0.4) is 0 Å². The molecule has 3 heterocycles. The summed E-state index contributed by atoms with van der Waals surface area (Å²) in [5.41, 5.74) is 11.9. The summed E-state index contributed by atoms with van der Waals surface area (Å²) >= 11 is 0. The van der Waals surface area contributed by atoms with Crippen LogP contribution < -0.4 is 0 Å². The normalized spacial score (nSPS) is 11.8. The average Bonchev–Trinajstić information content (AvgIpc) is 3.95. The molecule has 3 aromatic heterocycles. The van der Waals surface area contributed by atoms with Crippen molar-refractivity contribution in [2.45, 2.75) is 0 Å². The van der Waals surface area contributed by atoms with Crippen molar-refractivity contribution in [2.24, 2.45) is 0 Å². The van der Waals surface area contributed by atoms with Crippen LogP contribution in [-0.4, -0.2) is 19.5 Å². The standard InChI is InChI=1S/C63H38N4O/c1-4-17-39(18-5-1)45-31-33-47-52(35-45)59(67-55-34-32-41-21-12-13-26-46(41)58(55)54-36-43-24-10-11-25-44(43)37-56(54)67)51(40-19-6-2-7-20-40)38-53(47)63-65-61(42-22-8-3-9-23-42)64-62(66-63)50-29-16-28-49-48-27-14-15-30-57(48)68-60(49)50/h1-38H. The number of para-hydroxylation sites is 2. The maximum Gasteiger partial charge on any atom is 0.167 e. The number of benzene rings is 11. The van der Waals surface area contributed by atoms with Gasteiger partial charge in [-0.1, -0.05) is 188 Å². The van der Waals surface area contributed by atoms with Gasteiger partial charge in [0.15, 0.2) is 17.5 Å². The van der Waals surface area contributed by atoms with E-state index in [0.717, 1.165) is 88.4 Å². The Balaban J connectivity index is 1.14. The van der Waals surface area contributed by atoms with Gasteiger partial charge in [0.25, 0.3) is 0 Å². The minimum atomic E-state index is 0.541. The second kappa shape index (κ2) is 15.2. The molecule has 0 saturated carbocycles. The molecule has 0 fully saturated rings. The van der Waals surface area contributed by atoms with Crippen molar-refractivity contribution in [2.75, 3.05) is 0 Å². The molecule has 11 aromatic carbocycles. The van der Waals surface area contributed by atoms with E-state index in [1.165, 1.54) is 32.3 Å². The highest BCUT2D eigenvalue weighted by atomic mass is 16.3. The molecule has 0 radical (unpaired) electrons. The molecular formula is C63H38N4O. The summed E-state index contributed by atoms with van der Waals surface area (Å²) < 4.78 is 9.13. The Hall–Kier alpha value is -9.19. The number of rotatable bonds is 6. The van der Waals surface area contributed by atoms with Gasteiger partial charge in [-0.3, -0.25) is 0 Å². The van der Waals surface area contributed by atoms with Gasteiger partial charge in [0.05, 0.1) is 22.3 Å². The molecule has 0 amide bonds. The molecule has 0 saturated heterocycles. The first kappa shape index (κ1) is 38.1. The average molecular weight is 867 g/mol. The third-order valence-corrected chi connectivity index (χ3v) is 13.6. The fourth-order valence-corrected chi connectivity index (χ4v) is 10.5. The molecule has 14 rings (SSSR count). The molecule has 0 unspecified atom stereocenters. The van der Waals surface area contributed by atoms with Crippen LogP contribution in [0.5, 0.6) is 0 Å². The summed E-state index contributed by atoms with van der Waals surface area (Å²) in [5, 5.41) is 11.4. The number of nitrogens with zero attached hydrogens (tertiary/aromatic N) is 4. The van der Waals surface area contributed by atoms with Crippen LogP contribution in [-0.2, 0) is 0 Å². The lowest BCUT2D eigenvalue weighted by Crippen LogP contribution is -2.04. The quantitative estimate of drug-likeness (QED) is 0.167. The van der Waals surface area contributed by atoms with Gasteiger partial charge < -0.3 is 8.98 Å². The maximum atomic E-state index is 6.61. The number of furan rings is 1. The zero-order chi connectivity index (χ0) is 44.7. The summed E-state index contributed by atoms with van der Waals surface area (Å²) in [7, 11) is 0. The highest BCUT2D eigenvalue weighted by Gasteiger charge is 2.25. The Bertz CT molecular complexity index is 4310. The third kappa shape index (κ3) is 5.99. The predicted octanol–water partition coefficient (Wildman–Crippen LogP) is 16.7. The molecule has 0 bridgehead atoms. The van der Waals surface area contributed by atoms with Gasteiger partial charge in [0.2, 0.25) is 0 Å². The van der Waals surface area contributed by atoms with Crippen molar-refractivity contribution in [3.05, 3.63) is 231 Å². The minimum absolute atomic E-state index is 0.541. The smallest absolute Gasteiger partial charge is 0.167 e. The first-order valence-corrected chi connectivity index (χ1v) is 23.0. The predicted molar refractivity (Wildman–Crippen MR) is 281 cm³/mol. The van der Waals surface area contributed by atoms with Gasteiger partial charge in [-0.2, -0.15) is 0 Å². The fraction of sp³-hybridized carbons (Fsp3) is 0. The molecular weight excluding hydrogens is 829 g/mol. The van der Waals surface area contributed by atoms with Crippen LogP contribution in [0.25, 0.3) is 138 Å². The van der Waals surface area contributed by atoms with Gasteiger partial charge >= 0.3 is 0 Å². The number of aromatic nitrogens is 4. The summed E-state index contributed by atoms with van der Waals surface area (Å²) in [6.07, 6.45) is 0. The summed E-state index contributed by atoms with van der Waals surface area (Å²) in [5.74, 6) is 1.70. The fourth-order valence-electron chi connectivity index (χ4n) is 10.5. The van der Waals surface area contributed by atoms with Crippen LogP contribution in [0.4, 0.5) is 0 Å². The van der Waals surface area contributed by atoms with Crippen molar-refractivity contribution in [3.8, 4) is 62.1 Å². The molecule has 0 spiro atoms. The van der Waals surface area contributed by atoms with Crippen LogP contribution >= 0.6 is 0 Å². The lowest BCUT2D eigenvalue weighted by molar-refractivity contribution is 0.669. The molecule has 0 N–H and O–H groups in total. The second-order valence-corrected chi connectivity index (χ2v) is 17.5. The Morgan fingerprint density at radius 3 is 1.71 bits per heavy atom. The van der Waals surface area contributed by atoms with Gasteiger partial charge in [0.1, 0.15) is 11.2 Å². The second-order valence-electron chi connectivity index (χ2n) is 17.5. The first-order chi connectivity index (χ1) is 33.7. The van der Waals surface area contributed by atoms with Crippen molar-refractivity contribution in [3.63, 3.8) is 0 Å². The van der Waals surface area contributed by atoms with Crippen molar-refractivity contribution >= 4 is 76.1 Å². The molecule has 68 heavy (non-hydrogen) atoms. The van der Waals surface area contributed by atoms with Crippen molar-refractivity contribution in [1.29, 1.82) is 0 Å². The van der Waals surface area contributed by atoms with Crippen LogP contribution in [0.2, 0.25) is 0 Å². The lowest BCUT2D eigenvalue weighted by Gasteiger charge is -2.21. The monoisotopic (exact) mass is 866 g/mol. The van der Waals surface area contributed by atoms with E-state index < -0.39 is 0 Å². The Morgan fingerprint density at radius 2 is 0.926 bits per heavy atom. The molecule has 316 valence electrons. The van der Waals surface area contributed by atoms with Crippen LogP contribution in [0, 0.1) is 0 Å². The van der Waals surface area contributed by atoms with E-state index in [2.05, 4.69) is 199 Å². The van der Waals surface area contributed by atoms with E-state index in [0.29, 0.717) is 17.5 Å². The highest BCUT2D eigenvalue weighted by Crippen LogP contribution is 2.47. The zero-order valence-electron chi connectivity index (χ0n) is 36.6. The number of hydrogen-bond donors (Lipinski definition) is 0. The number of hydrogen-bond acceptors (Lipinski definition) is 4. The lowest BCUT2D eigenvalue weighted by atomic mass is 9.91. The highest BCUT2D eigenvalue weighted by molar-refractivity contribution is 6.24. The van der Waals surface area contributed by atoms with Gasteiger partial charge in [-0.15, -0.1) is 0 Å². The maximum absolute atomic E-state index is 6.61. The molecule has 0 aliphatic rings. The van der Waals surface area contributed by atoms with E-state index >= 15 is 0 Å². The van der Waals surface area contributed by atoms with E-state index in [9.17, 15) is 0 Å². The molecule has 14 aromatic rings. The Labute approximate surface area is 390 Å². The van der Waals surface area contributed by atoms with E-state index in [-0.39, 0.29) is 0 Å². The van der Waals surface area contributed by atoms with Crippen molar-refractivity contribution < 1.29 is 4.42 Å². The molecule has 0 atom stereocenters. The van der Waals surface area contributed by atoms with Crippen LogP contribution in [0.1, 0.15) is 0 Å². The largest absolute Gasteiger partial charge is 0.455 e. The van der Waals surface area contributed by atoms with E-state index in [1.54, 1.807) is 0 Å². The Kier molecular flexibility index (Phi) is 8.52. The minimum Gasteiger partial charge on any atom is -0.455 e. The van der Waals surface area contributed by atoms with Gasteiger partial charge in [0, 0.05) is 43.6 Å². The summed E-state index contributed by atoms with van der Waals surface area (Å²) in [6.45, 7) is 0. The zero-order valence-corrected chi connectivity index (χ0v) is 36.6.